The van der Waals surface area contributed by atoms with Gasteiger partial charge in [0.2, 0.25) is 0 Å². The van der Waals surface area contributed by atoms with E-state index in [0.717, 1.165) is 85.1 Å². The molecular formula is C18H25N5OS. The van der Waals surface area contributed by atoms with Crippen molar-refractivity contribution in [3.63, 3.8) is 0 Å². The SMILES string of the molecule is CCN1CCN(c2ncnc3sc(C(=O)N4CCCC4)c(C)c23)CC1. The van der Waals surface area contributed by atoms with E-state index in [4.69, 9.17) is 0 Å². The molecule has 4 rings (SSSR count). The van der Waals surface area contributed by atoms with Crippen LogP contribution in [0.15, 0.2) is 6.33 Å². The van der Waals surface area contributed by atoms with Crippen molar-refractivity contribution in [2.24, 2.45) is 0 Å². The summed E-state index contributed by atoms with van der Waals surface area (Å²) in [5.41, 5.74) is 1.05. The number of rotatable bonds is 3. The van der Waals surface area contributed by atoms with E-state index in [0.29, 0.717) is 0 Å². The summed E-state index contributed by atoms with van der Waals surface area (Å²) in [6.07, 6.45) is 3.87. The number of hydrogen-bond donors (Lipinski definition) is 0. The summed E-state index contributed by atoms with van der Waals surface area (Å²) in [4.78, 5) is 30.5. The van der Waals surface area contributed by atoms with Gasteiger partial charge in [0.05, 0.1) is 10.3 Å². The molecule has 0 saturated carbocycles. The molecule has 0 bridgehead atoms. The highest BCUT2D eigenvalue weighted by Crippen LogP contribution is 2.36. The van der Waals surface area contributed by atoms with Gasteiger partial charge in [0, 0.05) is 39.3 Å². The van der Waals surface area contributed by atoms with E-state index in [1.165, 1.54) is 11.3 Å². The number of amides is 1. The van der Waals surface area contributed by atoms with Gasteiger partial charge in [-0.3, -0.25) is 4.79 Å². The molecule has 2 fully saturated rings. The summed E-state index contributed by atoms with van der Waals surface area (Å²) in [5.74, 6) is 1.16. The second-order valence-electron chi connectivity index (χ2n) is 6.85. The Hall–Kier alpha value is -1.73. The molecule has 0 N–H and O–H groups in total. The zero-order valence-corrected chi connectivity index (χ0v) is 15.8. The molecule has 6 nitrogen and oxygen atoms in total. The number of fused-ring (bicyclic) bond motifs is 1. The van der Waals surface area contributed by atoms with Gasteiger partial charge in [0.15, 0.2) is 0 Å². The van der Waals surface area contributed by atoms with Crippen LogP contribution in [0.3, 0.4) is 0 Å². The third kappa shape index (κ3) is 3.00. The Kier molecular flexibility index (Phi) is 4.60. The van der Waals surface area contributed by atoms with E-state index in [1.807, 2.05) is 4.90 Å². The van der Waals surface area contributed by atoms with Gasteiger partial charge in [-0.2, -0.15) is 0 Å². The fraction of sp³-hybridized carbons (Fsp3) is 0.611. The topological polar surface area (TPSA) is 52.6 Å². The molecule has 0 aliphatic carbocycles. The molecule has 0 atom stereocenters. The first-order chi connectivity index (χ1) is 12.2. The third-order valence-corrected chi connectivity index (χ3v) is 6.60. The number of nitrogens with zero attached hydrogens (tertiary/aromatic N) is 5. The summed E-state index contributed by atoms with van der Waals surface area (Å²) in [6, 6.07) is 0. The lowest BCUT2D eigenvalue weighted by Crippen LogP contribution is -2.46. The van der Waals surface area contributed by atoms with Crippen LogP contribution in [0, 0.1) is 6.92 Å². The van der Waals surface area contributed by atoms with Crippen molar-refractivity contribution in [1.29, 1.82) is 0 Å². The first kappa shape index (κ1) is 16.7. The number of carbonyl (C=O) groups excluding carboxylic acids is 1. The molecule has 2 aromatic heterocycles. The summed E-state index contributed by atoms with van der Waals surface area (Å²) >= 11 is 1.52. The van der Waals surface area contributed by atoms with Crippen LogP contribution in [0.4, 0.5) is 5.82 Å². The van der Waals surface area contributed by atoms with E-state index in [1.54, 1.807) is 6.33 Å². The molecule has 0 spiro atoms. The molecule has 2 aromatic rings. The average Bonchev–Trinajstić information content (AvgIpc) is 3.30. The van der Waals surface area contributed by atoms with Crippen molar-refractivity contribution in [1.82, 2.24) is 19.8 Å². The minimum Gasteiger partial charge on any atom is -0.353 e. The van der Waals surface area contributed by atoms with Gasteiger partial charge in [0.25, 0.3) is 5.91 Å². The lowest BCUT2D eigenvalue weighted by Gasteiger charge is -2.35. The Bertz CT molecular complexity index is 775. The molecular weight excluding hydrogens is 334 g/mol. The van der Waals surface area contributed by atoms with Crippen LogP contribution in [0.1, 0.15) is 35.0 Å². The first-order valence-corrected chi connectivity index (χ1v) is 10.0. The number of anilines is 1. The van der Waals surface area contributed by atoms with Crippen LogP contribution in [-0.4, -0.2) is 71.5 Å². The maximum Gasteiger partial charge on any atom is 0.264 e. The van der Waals surface area contributed by atoms with Crippen molar-refractivity contribution in [2.45, 2.75) is 26.7 Å². The zero-order chi connectivity index (χ0) is 17.4. The van der Waals surface area contributed by atoms with Crippen LogP contribution < -0.4 is 4.90 Å². The summed E-state index contributed by atoms with van der Waals surface area (Å²) in [7, 11) is 0. The maximum atomic E-state index is 12.9. The Morgan fingerprint density at radius 1 is 1.12 bits per heavy atom. The number of aryl methyl sites for hydroxylation is 1. The number of carbonyl (C=O) groups is 1. The molecule has 0 radical (unpaired) electrons. The predicted molar refractivity (Wildman–Crippen MR) is 102 cm³/mol. The van der Waals surface area contributed by atoms with Gasteiger partial charge in [0.1, 0.15) is 17.0 Å². The fourth-order valence-electron chi connectivity index (χ4n) is 3.84. The van der Waals surface area contributed by atoms with Gasteiger partial charge < -0.3 is 14.7 Å². The van der Waals surface area contributed by atoms with Gasteiger partial charge in [-0.1, -0.05) is 6.92 Å². The molecule has 2 aliphatic rings. The number of aromatic nitrogens is 2. The highest BCUT2D eigenvalue weighted by atomic mass is 32.1. The van der Waals surface area contributed by atoms with Crippen LogP contribution in [0.2, 0.25) is 0 Å². The third-order valence-electron chi connectivity index (χ3n) is 5.41. The van der Waals surface area contributed by atoms with Gasteiger partial charge in [-0.05, 0) is 31.9 Å². The van der Waals surface area contributed by atoms with Crippen LogP contribution in [-0.2, 0) is 0 Å². The van der Waals surface area contributed by atoms with Crippen molar-refractivity contribution in [2.75, 3.05) is 50.7 Å². The highest BCUT2D eigenvalue weighted by Gasteiger charge is 2.27. The lowest BCUT2D eigenvalue weighted by atomic mass is 10.1. The average molecular weight is 359 g/mol. The van der Waals surface area contributed by atoms with Crippen molar-refractivity contribution in [3.05, 3.63) is 16.8 Å². The molecule has 134 valence electrons. The van der Waals surface area contributed by atoms with Crippen LogP contribution in [0.5, 0.6) is 0 Å². The minimum absolute atomic E-state index is 0.166. The number of hydrogen-bond acceptors (Lipinski definition) is 6. The minimum atomic E-state index is 0.166. The second-order valence-corrected chi connectivity index (χ2v) is 7.85. The molecule has 0 unspecified atom stereocenters. The predicted octanol–water partition coefficient (Wildman–Crippen LogP) is 2.38. The Labute approximate surface area is 152 Å². The van der Waals surface area contributed by atoms with Crippen molar-refractivity contribution < 1.29 is 4.79 Å². The van der Waals surface area contributed by atoms with E-state index in [9.17, 15) is 4.79 Å². The van der Waals surface area contributed by atoms with E-state index in [2.05, 4.69) is 33.6 Å². The summed E-state index contributed by atoms with van der Waals surface area (Å²) < 4.78 is 0. The smallest absolute Gasteiger partial charge is 0.264 e. The number of likely N-dealkylation sites (tertiary alicyclic amines) is 1. The standard InChI is InChI=1S/C18H25N5OS/c1-3-21-8-10-22(11-9-21)16-14-13(2)15(25-17(14)20-12-19-16)18(24)23-6-4-5-7-23/h12H,3-11H2,1-2H3. The highest BCUT2D eigenvalue weighted by molar-refractivity contribution is 7.20. The Balaban J connectivity index is 1.68. The van der Waals surface area contributed by atoms with Crippen molar-refractivity contribution >= 4 is 33.3 Å². The molecule has 25 heavy (non-hydrogen) atoms. The quantitative estimate of drug-likeness (QED) is 0.842. The summed E-state index contributed by atoms with van der Waals surface area (Å²) in [5, 5.41) is 1.07. The second kappa shape index (κ2) is 6.88. The molecule has 2 saturated heterocycles. The van der Waals surface area contributed by atoms with E-state index in [-0.39, 0.29) is 5.91 Å². The Morgan fingerprint density at radius 3 is 2.52 bits per heavy atom. The Morgan fingerprint density at radius 2 is 1.84 bits per heavy atom. The van der Waals surface area contributed by atoms with Crippen LogP contribution in [0.25, 0.3) is 10.2 Å². The van der Waals surface area contributed by atoms with Gasteiger partial charge in [-0.25, -0.2) is 9.97 Å². The first-order valence-electron chi connectivity index (χ1n) is 9.19. The van der Waals surface area contributed by atoms with E-state index < -0.39 is 0 Å². The number of piperazine rings is 1. The van der Waals surface area contributed by atoms with E-state index >= 15 is 0 Å². The molecule has 7 heteroatoms. The molecule has 0 aromatic carbocycles. The molecule has 4 heterocycles. The largest absolute Gasteiger partial charge is 0.353 e. The molecule has 1 amide bonds. The maximum absolute atomic E-state index is 12.9. The zero-order valence-electron chi connectivity index (χ0n) is 15.0. The fourth-order valence-corrected chi connectivity index (χ4v) is 4.95. The number of likely N-dealkylation sites (N-methyl/N-ethyl adjacent to an activating group) is 1. The van der Waals surface area contributed by atoms with Crippen LogP contribution >= 0.6 is 11.3 Å². The summed E-state index contributed by atoms with van der Waals surface area (Å²) in [6.45, 7) is 11.2. The van der Waals surface area contributed by atoms with Gasteiger partial charge in [-0.15, -0.1) is 11.3 Å². The lowest BCUT2D eigenvalue weighted by molar-refractivity contribution is 0.0797. The molecule has 2 aliphatic heterocycles. The van der Waals surface area contributed by atoms with Gasteiger partial charge >= 0.3 is 0 Å². The normalized spacial score (nSPS) is 19.1. The van der Waals surface area contributed by atoms with Crippen molar-refractivity contribution in [3.8, 4) is 0 Å². The monoisotopic (exact) mass is 359 g/mol. The number of thiophene rings is 1.